The summed E-state index contributed by atoms with van der Waals surface area (Å²) in [6.07, 6.45) is 0.385. The van der Waals surface area contributed by atoms with Crippen LogP contribution in [0.15, 0.2) is 24.3 Å². The summed E-state index contributed by atoms with van der Waals surface area (Å²) in [6, 6.07) is 6.84. The van der Waals surface area contributed by atoms with Crippen LogP contribution in [0.25, 0.3) is 0 Å². The monoisotopic (exact) mass is 306 g/mol. The predicted octanol–water partition coefficient (Wildman–Crippen LogP) is 1.55. The predicted molar refractivity (Wildman–Crippen MR) is 82.3 cm³/mol. The SMILES string of the molecule is CC(C)CC(=O)NCc1ccc(C(=O)NCCC(=O)O)cc1. The van der Waals surface area contributed by atoms with Crippen molar-refractivity contribution in [3.05, 3.63) is 35.4 Å². The van der Waals surface area contributed by atoms with Gasteiger partial charge in [0.05, 0.1) is 6.42 Å². The van der Waals surface area contributed by atoms with E-state index in [4.69, 9.17) is 5.11 Å². The Labute approximate surface area is 129 Å². The molecule has 0 saturated heterocycles. The number of hydrogen-bond donors (Lipinski definition) is 3. The zero-order chi connectivity index (χ0) is 16.5. The van der Waals surface area contributed by atoms with Crippen LogP contribution in [-0.4, -0.2) is 29.4 Å². The molecule has 0 heterocycles. The standard InChI is InChI=1S/C16H22N2O4/c1-11(2)9-14(19)18-10-12-3-5-13(6-4-12)16(22)17-8-7-15(20)21/h3-6,11H,7-10H2,1-2H3,(H,17,22)(H,18,19)(H,20,21). The highest BCUT2D eigenvalue weighted by Crippen LogP contribution is 2.05. The molecule has 1 aromatic carbocycles. The number of benzene rings is 1. The molecule has 0 bridgehead atoms. The van der Waals surface area contributed by atoms with Gasteiger partial charge in [-0.3, -0.25) is 14.4 Å². The zero-order valence-electron chi connectivity index (χ0n) is 12.9. The molecule has 0 spiro atoms. The van der Waals surface area contributed by atoms with E-state index in [-0.39, 0.29) is 24.8 Å². The van der Waals surface area contributed by atoms with Crippen molar-refractivity contribution in [3.8, 4) is 0 Å². The van der Waals surface area contributed by atoms with Crippen molar-refractivity contribution in [1.82, 2.24) is 10.6 Å². The fourth-order valence-electron chi connectivity index (χ4n) is 1.80. The first-order valence-corrected chi connectivity index (χ1v) is 7.24. The van der Waals surface area contributed by atoms with Gasteiger partial charge in [0.25, 0.3) is 5.91 Å². The second-order valence-corrected chi connectivity index (χ2v) is 5.47. The van der Waals surface area contributed by atoms with Crippen LogP contribution in [-0.2, 0) is 16.1 Å². The van der Waals surface area contributed by atoms with E-state index in [1.807, 2.05) is 13.8 Å². The minimum atomic E-state index is -0.951. The Morgan fingerprint density at radius 3 is 2.27 bits per heavy atom. The van der Waals surface area contributed by atoms with E-state index in [0.717, 1.165) is 5.56 Å². The van der Waals surface area contributed by atoms with E-state index in [1.54, 1.807) is 24.3 Å². The summed E-state index contributed by atoms with van der Waals surface area (Å²) in [7, 11) is 0. The molecule has 0 unspecified atom stereocenters. The van der Waals surface area contributed by atoms with Crippen molar-refractivity contribution in [2.45, 2.75) is 33.2 Å². The molecule has 0 radical (unpaired) electrons. The maximum Gasteiger partial charge on any atom is 0.305 e. The number of carboxylic acid groups (broad SMARTS) is 1. The third-order valence-corrected chi connectivity index (χ3v) is 2.92. The minimum absolute atomic E-state index is 0.00508. The van der Waals surface area contributed by atoms with Gasteiger partial charge in [-0.15, -0.1) is 0 Å². The van der Waals surface area contributed by atoms with E-state index in [0.29, 0.717) is 24.4 Å². The summed E-state index contributed by atoms with van der Waals surface area (Å²) >= 11 is 0. The second-order valence-electron chi connectivity index (χ2n) is 5.47. The molecule has 6 heteroatoms. The third-order valence-electron chi connectivity index (χ3n) is 2.92. The number of carboxylic acids is 1. The van der Waals surface area contributed by atoms with E-state index >= 15 is 0 Å². The highest BCUT2D eigenvalue weighted by atomic mass is 16.4. The lowest BCUT2D eigenvalue weighted by atomic mass is 10.1. The molecule has 6 nitrogen and oxygen atoms in total. The number of rotatable bonds is 8. The van der Waals surface area contributed by atoms with Gasteiger partial charge in [-0.2, -0.15) is 0 Å². The Morgan fingerprint density at radius 2 is 1.73 bits per heavy atom. The van der Waals surface area contributed by atoms with Gasteiger partial charge in [-0.05, 0) is 23.6 Å². The van der Waals surface area contributed by atoms with E-state index in [2.05, 4.69) is 10.6 Å². The largest absolute Gasteiger partial charge is 0.481 e. The van der Waals surface area contributed by atoms with Gasteiger partial charge >= 0.3 is 5.97 Å². The quantitative estimate of drug-likeness (QED) is 0.679. The molecule has 2 amide bonds. The second kappa shape index (κ2) is 8.81. The smallest absolute Gasteiger partial charge is 0.305 e. The molecule has 0 atom stereocenters. The first-order valence-electron chi connectivity index (χ1n) is 7.24. The number of aliphatic carboxylic acids is 1. The summed E-state index contributed by atoms with van der Waals surface area (Å²) < 4.78 is 0. The summed E-state index contributed by atoms with van der Waals surface area (Å²) in [5, 5.41) is 13.9. The van der Waals surface area contributed by atoms with Gasteiger partial charge in [0.1, 0.15) is 0 Å². The summed E-state index contributed by atoms with van der Waals surface area (Å²) in [4.78, 5) is 33.7. The molecule has 0 aliphatic heterocycles. The molecule has 0 aliphatic carbocycles. The maximum atomic E-state index is 11.8. The molecule has 1 aromatic rings. The van der Waals surface area contributed by atoms with Crippen molar-refractivity contribution in [3.63, 3.8) is 0 Å². The van der Waals surface area contributed by atoms with Crippen LogP contribution in [0, 0.1) is 5.92 Å². The fraction of sp³-hybridized carbons (Fsp3) is 0.438. The number of carbonyl (C=O) groups is 3. The topological polar surface area (TPSA) is 95.5 Å². The first-order chi connectivity index (χ1) is 10.4. The van der Waals surface area contributed by atoms with Crippen LogP contribution in [0.4, 0.5) is 0 Å². The van der Waals surface area contributed by atoms with Gasteiger partial charge in [0.15, 0.2) is 0 Å². The van der Waals surface area contributed by atoms with Crippen LogP contribution in [0.3, 0.4) is 0 Å². The number of hydrogen-bond acceptors (Lipinski definition) is 3. The molecule has 0 aliphatic rings. The van der Waals surface area contributed by atoms with Gasteiger partial charge in [0.2, 0.25) is 5.91 Å². The molecular formula is C16H22N2O4. The van der Waals surface area contributed by atoms with Crippen molar-refractivity contribution in [2.75, 3.05) is 6.54 Å². The molecule has 3 N–H and O–H groups in total. The highest BCUT2D eigenvalue weighted by Gasteiger charge is 2.07. The van der Waals surface area contributed by atoms with Crippen molar-refractivity contribution in [2.24, 2.45) is 5.92 Å². The molecule has 0 fully saturated rings. The van der Waals surface area contributed by atoms with Gasteiger partial charge in [-0.25, -0.2) is 0 Å². The number of carbonyl (C=O) groups excluding carboxylic acids is 2. The Balaban J connectivity index is 2.43. The highest BCUT2D eigenvalue weighted by molar-refractivity contribution is 5.94. The average molecular weight is 306 g/mol. The Bertz CT molecular complexity index is 523. The third kappa shape index (κ3) is 6.88. The van der Waals surface area contributed by atoms with Gasteiger partial charge in [-0.1, -0.05) is 26.0 Å². The Hall–Kier alpha value is -2.37. The lowest BCUT2D eigenvalue weighted by Gasteiger charge is -2.08. The average Bonchev–Trinajstić information content (AvgIpc) is 2.44. The summed E-state index contributed by atoms with van der Waals surface area (Å²) in [5.41, 5.74) is 1.36. The van der Waals surface area contributed by atoms with Crippen molar-refractivity contribution in [1.29, 1.82) is 0 Å². The zero-order valence-corrected chi connectivity index (χ0v) is 12.9. The van der Waals surface area contributed by atoms with Crippen LogP contribution in [0.5, 0.6) is 0 Å². The van der Waals surface area contributed by atoms with Gasteiger partial charge < -0.3 is 15.7 Å². The fourth-order valence-corrected chi connectivity index (χ4v) is 1.80. The van der Waals surface area contributed by atoms with E-state index < -0.39 is 5.97 Å². The Kier molecular flexibility index (Phi) is 7.08. The van der Waals surface area contributed by atoms with Crippen LogP contribution < -0.4 is 10.6 Å². The molecule has 120 valence electrons. The Morgan fingerprint density at radius 1 is 1.09 bits per heavy atom. The van der Waals surface area contributed by atoms with Crippen LogP contribution >= 0.6 is 0 Å². The minimum Gasteiger partial charge on any atom is -0.481 e. The lowest BCUT2D eigenvalue weighted by Crippen LogP contribution is -2.26. The van der Waals surface area contributed by atoms with Crippen molar-refractivity contribution >= 4 is 17.8 Å². The van der Waals surface area contributed by atoms with Crippen molar-refractivity contribution < 1.29 is 19.5 Å². The molecular weight excluding hydrogens is 284 g/mol. The van der Waals surface area contributed by atoms with E-state index in [9.17, 15) is 14.4 Å². The van der Waals surface area contributed by atoms with Crippen LogP contribution in [0.1, 0.15) is 42.6 Å². The van der Waals surface area contributed by atoms with Crippen LogP contribution in [0.2, 0.25) is 0 Å². The summed E-state index contributed by atoms with van der Waals surface area (Å²) in [6.45, 7) is 4.49. The molecule has 0 aromatic heterocycles. The number of nitrogens with one attached hydrogen (secondary N) is 2. The number of amides is 2. The first kappa shape index (κ1) is 17.7. The molecule has 1 rings (SSSR count). The summed E-state index contributed by atoms with van der Waals surface area (Å²) in [5.74, 6) is -0.938. The van der Waals surface area contributed by atoms with E-state index in [1.165, 1.54) is 0 Å². The van der Waals surface area contributed by atoms with Gasteiger partial charge in [0, 0.05) is 25.1 Å². The molecule has 0 saturated carbocycles. The molecule has 22 heavy (non-hydrogen) atoms. The maximum absolute atomic E-state index is 11.8. The lowest BCUT2D eigenvalue weighted by molar-refractivity contribution is -0.136. The normalized spacial score (nSPS) is 10.3.